The van der Waals surface area contributed by atoms with E-state index in [0.717, 1.165) is 36.2 Å². The first-order valence-electron chi connectivity index (χ1n) is 4.62. The van der Waals surface area contributed by atoms with Crippen molar-refractivity contribution in [3.8, 4) is 0 Å². The minimum Gasteiger partial charge on any atom is -0.422 e. The summed E-state index contributed by atoms with van der Waals surface area (Å²) in [6, 6.07) is 0. The summed E-state index contributed by atoms with van der Waals surface area (Å²) in [6.07, 6.45) is 9.57. The third-order valence-electron chi connectivity index (χ3n) is 2.27. The number of hydrogen-bond donors (Lipinski definition) is 0. The average molecular weight is 196 g/mol. The molecule has 0 aliphatic carbocycles. The number of rotatable bonds is 8. The molecule has 0 aromatic rings. The van der Waals surface area contributed by atoms with E-state index in [4.69, 9.17) is 4.43 Å². The molecule has 0 aliphatic heterocycles. The molecule has 0 rings (SSSR count). The van der Waals surface area contributed by atoms with Crippen LogP contribution in [0.2, 0.25) is 0 Å². The molecule has 0 unspecified atom stereocenters. The molecular weight excluding hydrogens is 176 g/mol. The Bertz CT molecular complexity index is 165. The second-order valence-electron chi connectivity index (χ2n) is 3.20. The van der Waals surface area contributed by atoms with Gasteiger partial charge in [0.25, 0.3) is 0 Å². The van der Waals surface area contributed by atoms with E-state index >= 15 is 0 Å². The van der Waals surface area contributed by atoms with Crippen LogP contribution in [0.25, 0.3) is 0 Å². The van der Waals surface area contributed by atoms with Gasteiger partial charge in [-0.25, -0.2) is 0 Å². The van der Waals surface area contributed by atoms with E-state index in [9.17, 15) is 0 Å². The maximum atomic E-state index is 5.67. The van der Waals surface area contributed by atoms with Gasteiger partial charge in [0, 0.05) is 0 Å². The van der Waals surface area contributed by atoms with Crippen LogP contribution >= 0.6 is 0 Å². The van der Waals surface area contributed by atoms with Gasteiger partial charge in [0.2, 0.25) is 0 Å². The molecule has 74 valence electrons. The minimum absolute atomic E-state index is 0.0517. The van der Waals surface area contributed by atoms with Crippen LogP contribution < -0.4 is 0 Å². The molecule has 0 aliphatic rings. The Hall–Kier alpha value is -0.603. The van der Waals surface area contributed by atoms with Crippen molar-refractivity contribution in [2.75, 3.05) is 0 Å². The summed E-state index contributed by atoms with van der Waals surface area (Å²) in [4.78, 5) is 0. The summed E-state index contributed by atoms with van der Waals surface area (Å²) in [5.74, 6) is 0. The summed E-state index contributed by atoms with van der Waals surface area (Å²) in [7, 11) is 0.761. The molecule has 0 aromatic carbocycles. The monoisotopic (exact) mass is 196 g/mol. The lowest BCUT2D eigenvalue weighted by Crippen LogP contribution is -2.30. The Kier molecular flexibility index (Phi) is 6.55. The zero-order chi connectivity index (χ0) is 10.2. The van der Waals surface area contributed by atoms with Gasteiger partial charge in [-0.15, -0.1) is 19.7 Å². The molecule has 0 heterocycles. The van der Waals surface area contributed by atoms with Crippen LogP contribution in [-0.4, -0.2) is 16.1 Å². The van der Waals surface area contributed by atoms with Gasteiger partial charge in [-0.3, -0.25) is 0 Å². The first kappa shape index (κ1) is 12.4. The van der Waals surface area contributed by atoms with Crippen molar-refractivity contribution < 1.29 is 4.43 Å². The van der Waals surface area contributed by atoms with Crippen molar-refractivity contribution >= 4 is 10.5 Å². The summed E-state index contributed by atoms with van der Waals surface area (Å²) in [5.41, 5.74) is -0.0517. The molecule has 0 fully saturated rings. The van der Waals surface area contributed by atoms with Crippen molar-refractivity contribution in [1.29, 1.82) is 0 Å². The molecule has 0 N–H and O–H groups in total. The van der Waals surface area contributed by atoms with Crippen molar-refractivity contribution in [2.24, 2.45) is 0 Å². The van der Waals surface area contributed by atoms with E-state index in [2.05, 4.69) is 19.7 Å². The normalized spacial score (nSPS) is 11.1. The van der Waals surface area contributed by atoms with Crippen LogP contribution in [0.5, 0.6) is 0 Å². The third-order valence-corrected chi connectivity index (χ3v) is 3.14. The lowest BCUT2D eigenvalue weighted by atomic mass is 9.90. The van der Waals surface area contributed by atoms with Gasteiger partial charge in [0.05, 0.1) is 5.60 Å². The zero-order valence-electron chi connectivity index (χ0n) is 8.59. The third kappa shape index (κ3) is 4.25. The lowest BCUT2D eigenvalue weighted by Gasteiger charge is -2.31. The predicted molar refractivity (Wildman–Crippen MR) is 62.8 cm³/mol. The molecule has 1 nitrogen and oxygen atoms in total. The van der Waals surface area contributed by atoms with Gasteiger partial charge in [-0.1, -0.05) is 18.2 Å². The quantitative estimate of drug-likeness (QED) is 0.427. The highest BCUT2D eigenvalue weighted by molar-refractivity contribution is 5.98. The molecule has 0 atom stereocenters. The van der Waals surface area contributed by atoms with Gasteiger partial charge in [0.15, 0.2) is 0 Å². The lowest BCUT2D eigenvalue weighted by molar-refractivity contribution is 0.0776. The molecule has 0 aromatic heterocycles. The topological polar surface area (TPSA) is 9.23 Å². The van der Waals surface area contributed by atoms with E-state index in [-0.39, 0.29) is 5.60 Å². The fourth-order valence-electron chi connectivity index (χ4n) is 1.45. The van der Waals surface area contributed by atoms with E-state index in [1.807, 2.05) is 18.2 Å². The second kappa shape index (κ2) is 6.86. The molecule has 0 amide bonds. The number of allylic oxidation sites excluding steroid dienone is 1. The Morgan fingerprint density at radius 2 is 1.62 bits per heavy atom. The van der Waals surface area contributed by atoms with Crippen LogP contribution in [0.1, 0.15) is 25.7 Å². The highest BCUT2D eigenvalue weighted by Gasteiger charge is 2.24. The number of hydrogen-bond acceptors (Lipinski definition) is 1. The molecule has 0 radical (unpaired) electrons. The molecule has 0 saturated carbocycles. The van der Waals surface area contributed by atoms with E-state index in [0.29, 0.717) is 0 Å². The SMILES string of the molecule is C=CCCC(CC=C)(CC=C)O[SiH3]. The first-order chi connectivity index (χ1) is 6.24. The standard InChI is InChI=1S/C11H20OSi/c1-4-7-10-11(12-13,8-5-2)9-6-3/h4-6H,1-3,7-10H2,13H3. The first-order valence-corrected chi connectivity index (χ1v) is 5.44. The smallest absolute Gasteiger partial charge is 0.146 e. The van der Waals surface area contributed by atoms with Gasteiger partial charge >= 0.3 is 0 Å². The van der Waals surface area contributed by atoms with Crippen molar-refractivity contribution in [3.63, 3.8) is 0 Å². The highest BCUT2D eigenvalue weighted by atomic mass is 28.2. The maximum absolute atomic E-state index is 5.67. The molecular formula is C11H20OSi. The van der Waals surface area contributed by atoms with Crippen LogP contribution in [0, 0.1) is 0 Å². The van der Waals surface area contributed by atoms with Crippen LogP contribution in [0.4, 0.5) is 0 Å². The molecule has 2 heteroatoms. The summed E-state index contributed by atoms with van der Waals surface area (Å²) in [6.45, 7) is 11.2. The fraction of sp³-hybridized carbons (Fsp3) is 0.455. The predicted octanol–water partition coefficient (Wildman–Crippen LogP) is 2.14. The fourth-order valence-corrected chi connectivity index (χ4v) is 1.98. The Labute approximate surface area is 84.7 Å². The van der Waals surface area contributed by atoms with Gasteiger partial charge < -0.3 is 4.43 Å². The Balaban J connectivity index is 4.31. The summed E-state index contributed by atoms with van der Waals surface area (Å²) < 4.78 is 5.67. The van der Waals surface area contributed by atoms with Gasteiger partial charge in [-0.05, 0) is 25.7 Å². The van der Waals surface area contributed by atoms with Gasteiger partial charge in [-0.2, -0.15) is 0 Å². The van der Waals surface area contributed by atoms with Crippen LogP contribution in [0.15, 0.2) is 38.0 Å². The second-order valence-corrected chi connectivity index (χ2v) is 3.61. The molecule has 0 spiro atoms. The van der Waals surface area contributed by atoms with E-state index < -0.39 is 0 Å². The zero-order valence-corrected chi connectivity index (χ0v) is 10.6. The van der Waals surface area contributed by atoms with Crippen molar-refractivity contribution in [3.05, 3.63) is 38.0 Å². The Morgan fingerprint density at radius 1 is 1.08 bits per heavy atom. The minimum atomic E-state index is -0.0517. The van der Waals surface area contributed by atoms with Crippen LogP contribution in [-0.2, 0) is 4.43 Å². The van der Waals surface area contributed by atoms with Crippen molar-refractivity contribution in [1.82, 2.24) is 0 Å². The average Bonchev–Trinajstić information content (AvgIpc) is 2.15. The maximum Gasteiger partial charge on any atom is 0.146 e. The van der Waals surface area contributed by atoms with E-state index in [1.165, 1.54) is 0 Å². The molecule has 0 bridgehead atoms. The molecule has 13 heavy (non-hydrogen) atoms. The largest absolute Gasteiger partial charge is 0.422 e. The van der Waals surface area contributed by atoms with Gasteiger partial charge in [0.1, 0.15) is 10.5 Å². The van der Waals surface area contributed by atoms with Crippen molar-refractivity contribution in [2.45, 2.75) is 31.3 Å². The van der Waals surface area contributed by atoms with Crippen LogP contribution in [0.3, 0.4) is 0 Å². The summed E-state index contributed by atoms with van der Waals surface area (Å²) in [5, 5.41) is 0. The Morgan fingerprint density at radius 3 is 1.92 bits per heavy atom. The van der Waals surface area contributed by atoms with E-state index in [1.54, 1.807) is 0 Å². The summed E-state index contributed by atoms with van der Waals surface area (Å²) >= 11 is 0. The highest BCUT2D eigenvalue weighted by Crippen LogP contribution is 2.26. The molecule has 0 saturated heterocycles.